The largest absolute Gasteiger partial charge is 0.481 e. The van der Waals surface area contributed by atoms with Crippen LogP contribution in [0.5, 0.6) is 0 Å². The summed E-state index contributed by atoms with van der Waals surface area (Å²) in [7, 11) is 3.47. The molecule has 18 heavy (non-hydrogen) atoms. The zero-order chi connectivity index (χ0) is 13.7. The zero-order valence-corrected chi connectivity index (χ0v) is 10.9. The third-order valence-electron chi connectivity index (χ3n) is 2.15. The molecule has 0 fully saturated rings. The van der Waals surface area contributed by atoms with Gasteiger partial charge < -0.3 is 10.0 Å². The summed E-state index contributed by atoms with van der Waals surface area (Å²) in [5.74, 6) is -1.34. The molecule has 4 nitrogen and oxygen atoms in total. The molecule has 1 aromatic rings. The Morgan fingerprint density at radius 3 is 2.28 bits per heavy atom. The van der Waals surface area contributed by atoms with Crippen molar-refractivity contribution >= 4 is 23.4 Å². The second kappa shape index (κ2) is 6.21. The molecule has 0 aliphatic rings. The quantitative estimate of drug-likeness (QED) is 0.658. The van der Waals surface area contributed by atoms with E-state index in [0.717, 1.165) is 0 Å². The topological polar surface area (TPSA) is 57.6 Å². The molecule has 0 radical (unpaired) electrons. The molecule has 0 aromatic heterocycles. The monoisotopic (exact) mass is 267 g/mol. The first-order valence-corrected chi connectivity index (χ1v) is 5.67. The minimum absolute atomic E-state index is 0.231. The maximum absolute atomic E-state index is 12.1. The summed E-state index contributed by atoms with van der Waals surface area (Å²) >= 11 is 5.74. The van der Waals surface area contributed by atoms with E-state index in [-0.39, 0.29) is 17.8 Å². The highest BCUT2D eigenvalue weighted by atomic mass is 35.5. The highest BCUT2D eigenvalue weighted by molar-refractivity contribution is 6.30. The molecule has 0 saturated heterocycles. The number of nitrogens with zero attached hydrogens (tertiary/aromatic N) is 1. The molecule has 0 saturated carbocycles. The number of hydrogen-bond acceptors (Lipinski definition) is 3. The molecule has 1 rings (SSSR count). The Hall–Kier alpha value is -1.81. The van der Waals surface area contributed by atoms with Gasteiger partial charge in [-0.25, -0.2) is 0 Å². The average Bonchev–Trinajstić information content (AvgIpc) is 2.27. The molecule has 5 heteroatoms. The van der Waals surface area contributed by atoms with Crippen molar-refractivity contribution in [3.05, 3.63) is 46.6 Å². The maximum atomic E-state index is 12.1. The Morgan fingerprint density at radius 1 is 1.28 bits per heavy atom. The van der Waals surface area contributed by atoms with E-state index in [0.29, 0.717) is 10.6 Å². The lowest BCUT2D eigenvalue weighted by Gasteiger charge is -2.10. The predicted octanol–water partition coefficient (Wildman–Crippen LogP) is 2.44. The van der Waals surface area contributed by atoms with Crippen LogP contribution in [0.1, 0.15) is 16.8 Å². The van der Waals surface area contributed by atoms with E-state index in [1.54, 1.807) is 43.3 Å². The molecule has 0 aliphatic carbocycles. The molecule has 1 N–H and O–H groups in total. The number of carboxylic acids is 1. The highest BCUT2D eigenvalue weighted by Gasteiger charge is 2.15. The number of Topliss-reactive ketones (excluding diaryl/α,β-unsaturated/α-hetero) is 1. The van der Waals surface area contributed by atoms with Gasteiger partial charge in [-0.15, -0.1) is 0 Å². The van der Waals surface area contributed by atoms with Gasteiger partial charge in [-0.2, -0.15) is 0 Å². The van der Waals surface area contributed by atoms with Crippen molar-refractivity contribution in [2.24, 2.45) is 0 Å². The molecule has 0 spiro atoms. The van der Waals surface area contributed by atoms with Crippen LogP contribution in [0.3, 0.4) is 0 Å². The van der Waals surface area contributed by atoms with Crippen molar-refractivity contribution in [3.8, 4) is 0 Å². The van der Waals surface area contributed by atoms with Crippen LogP contribution in [0.25, 0.3) is 0 Å². The standard InChI is InChI=1S/C13H14ClNO3/c1-15(2)8-10(7-12(16)17)13(18)9-3-5-11(14)6-4-9/h3-6,8H,7H2,1-2H3,(H,16,17). The number of aliphatic carboxylic acids is 1. The Balaban J connectivity index is 3.02. The van der Waals surface area contributed by atoms with Crippen molar-refractivity contribution in [1.29, 1.82) is 0 Å². The molecule has 0 aliphatic heterocycles. The van der Waals surface area contributed by atoms with Crippen LogP contribution >= 0.6 is 11.6 Å². The third kappa shape index (κ3) is 4.22. The first-order valence-electron chi connectivity index (χ1n) is 5.29. The molecule has 0 bridgehead atoms. The van der Waals surface area contributed by atoms with E-state index in [4.69, 9.17) is 16.7 Å². The maximum Gasteiger partial charge on any atom is 0.308 e. The van der Waals surface area contributed by atoms with Gasteiger partial charge in [0.15, 0.2) is 5.78 Å². The summed E-state index contributed by atoms with van der Waals surface area (Å²) in [6.07, 6.45) is 1.21. The summed E-state index contributed by atoms with van der Waals surface area (Å²) in [5.41, 5.74) is 0.656. The summed E-state index contributed by atoms with van der Waals surface area (Å²) in [5, 5.41) is 9.33. The number of rotatable bonds is 5. The van der Waals surface area contributed by atoms with Crippen molar-refractivity contribution in [2.45, 2.75) is 6.42 Å². The van der Waals surface area contributed by atoms with Crippen LogP contribution in [-0.4, -0.2) is 35.9 Å². The van der Waals surface area contributed by atoms with Crippen molar-refractivity contribution < 1.29 is 14.7 Å². The number of benzene rings is 1. The number of halogens is 1. The summed E-state index contributed by atoms with van der Waals surface area (Å²) in [6.45, 7) is 0. The number of carbonyl (C=O) groups is 2. The fraction of sp³-hybridized carbons (Fsp3) is 0.231. The van der Waals surface area contributed by atoms with E-state index < -0.39 is 5.97 Å². The van der Waals surface area contributed by atoms with Crippen LogP contribution in [-0.2, 0) is 4.79 Å². The van der Waals surface area contributed by atoms with Crippen LogP contribution in [0, 0.1) is 0 Å². The van der Waals surface area contributed by atoms with E-state index in [1.807, 2.05) is 0 Å². The second-order valence-corrected chi connectivity index (χ2v) is 4.46. The second-order valence-electron chi connectivity index (χ2n) is 4.02. The Kier molecular flexibility index (Phi) is 4.92. The normalized spacial score (nSPS) is 11.2. The van der Waals surface area contributed by atoms with Gasteiger partial charge in [0.25, 0.3) is 0 Å². The molecular formula is C13H14ClNO3. The molecule has 0 heterocycles. The van der Waals surface area contributed by atoms with Crippen LogP contribution in [0.2, 0.25) is 5.02 Å². The van der Waals surface area contributed by atoms with Crippen molar-refractivity contribution in [2.75, 3.05) is 14.1 Å². The summed E-state index contributed by atoms with van der Waals surface area (Å²) in [6, 6.07) is 6.36. The van der Waals surface area contributed by atoms with Crippen LogP contribution < -0.4 is 0 Å². The van der Waals surface area contributed by atoms with Crippen LogP contribution in [0.15, 0.2) is 36.0 Å². The summed E-state index contributed by atoms with van der Waals surface area (Å²) in [4.78, 5) is 24.5. The smallest absolute Gasteiger partial charge is 0.308 e. The zero-order valence-electron chi connectivity index (χ0n) is 10.2. The minimum atomic E-state index is -1.04. The van der Waals surface area contributed by atoms with Gasteiger partial charge in [0.05, 0.1) is 6.42 Å². The van der Waals surface area contributed by atoms with Gasteiger partial charge in [0.2, 0.25) is 0 Å². The van der Waals surface area contributed by atoms with Gasteiger partial charge in [-0.3, -0.25) is 9.59 Å². The summed E-state index contributed by atoms with van der Waals surface area (Å²) < 4.78 is 0. The SMILES string of the molecule is CN(C)C=C(CC(=O)O)C(=O)c1ccc(Cl)cc1. The van der Waals surface area contributed by atoms with E-state index in [9.17, 15) is 9.59 Å². The fourth-order valence-electron chi connectivity index (χ4n) is 1.45. The Bertz CT molecular complexity index is 478. The van der Waals surface area contributed by atoms with Gasteiger partial charge in [0.1, 0.15) is 0 Å². The lowest BCUT2D eigenvalue weighted by atomic mass is 10.0. The Morgan fingerprint density at radius 2 is 1.83 bits per heavy atom. The fourth-order valence-corrected chi connectivity index (χ4v) is 1.57. The number of carbonyl (C=O) groups excluding carboxylic acids is 1. The molecule has 0 amide bonds. The van der Waals surface area contributed by atoms with Crippen molar-refractivity contribution in [1.82, 2.24) is 4.90 Å². The van der Waals surface area contributed by atoms with Gasteiger partial charge in [0, 0.05) is 36.5 Å². The van der Waals surface area contributed by atoms with Gasteiger partial charge >= 0.3 is 5.97 Å². The lowest BCUT2D eigenvalue weighted by Crippen LogP contribution is -2.13. The number of ketones is 1. The third-order valence-corrected chi connectivity index (χ3v) is 2.41. The average molecular weight is 268 g/mol. The first-order chi connectivity index (χ1) is 8.40. The van der Waals surface area contributed by atoms with E-state index in [2.05, 4.69) is 0 Å². The molecule has 96 valence electrons. The number of hydrogen-bond donors (Lipinski definition) is 1. The molecule has 0 unspecified atom stereocenters. The minimum Gasteiger partial charge on any atom is -0.481 e. The van der Waals surface area contributed by atoms with E-state index >= 15 is 0 Å². The number of carboxylic acid groups (broad SMARTS) is 1. The lowest BCUT2D eigenvalue weighted by molar-refractivity contribution is -0.136. The highest BCUT2D eigenvalue weighted by Crippen LogP contribution is 2.15. The van der Waals surface area contributed by atoms with E-state index in [1.165, 1.54) is 6.20 Å². The Labute approximate surface area is 110 Å². The van der Waals surface area contributed by atoms with Gasteiger partial charge in [-0.1, -0.05) is 11.6 Å². The van der Waals surface area contributed by atoms with Crippen molar-refractivity contribution in [3.63, 3.8) is 0 Å². The molecular weight excluding hydrogens is 254 g/mol. The predicted molar refractivity (Wildman–Crippen MR) is 69.8 cm³/mol. The molecule has 0 atom stereocenters. The molecule has 1 aromatic carbocycles. The first kappa shape index (κ1) is 14.3. The van der Waals surface area contributed by atoms with Gasteiger partial charge in [-0.05, 0) is 24.3 Å². The van der Waals surface area contributed by atoms with Crippen LogP contribution in [0.4, 0.5) is 0 Å².